The Bertz CT molecular complexity index is 859. The van der Waals surface area contributed by atoms with E-state index in [9.17, 15) is 13.2 Å². The SMILES string of the molecule is CN1CCCc2ccc(S(=O)(=O)NC(=O)c3cn(C)nn3)cc21. The molecule has 23 heavy (non-hydrogen) atoms. The summed E-state index contributed by atoms with van der Waals surface area (Å²) >= 11 is 0. The summed E-state index contributed by atoms with van der Waals surface area (Å²) in [5.41, 5.74) is 1.94. The van der Waals surface area contributed by atoms with Crippen LogP contribution in [0.2, 0.25) is 0 Å². The topological polar surface area (TPSA) is 97.2 Å². The maximum absolute atomic E-state index is 12.4. The summed E-state index contributed by atoms with van der Waals surface area (Å²) in [5.74, 6) is -0.802. The van der Waals surface area contributed by atoms with E-state index in [2.05, 4.69) is 10.3 Å². The monoisotopic (exact) mass is 335 g/mol. The number of amides is 1. The van der Waals surface area contributed by atoms with Gasteiger partial charge >= 0.3 is 0 Å². The van der Waals surface area contributed by atoms with Gasteiger partial charge in [-0.25, -0.2) is 13.1 Å². The molecule has 0 saturated heterocycles. The van der Waals surface area contributed by atoms with Crippen molar-refractivity contribution >= 4 is 21.6 Å². The minimum atomic E-state index is -3.96. The lowest BCUT2D eigenvalue weighted by molar-refractivity contribution is 0.0976. The number of carbonyl (C=O) groups is 1. The Morgan fingerprint density at radius 2 is 2.09 bits per heavy atom. The molecule has 0 atom stereocenters. The number of hydrogen-bond acceptors (Lipinski definition) is 6. The second-order valence-corrected chi connectivity index (χ2v) is 7.21. The van der Waals surface area contributed by atoms with Crippen LogP contribution in [0.15, 0.2) is 29.3 Å². The minimum absolute atomic E-state index is 0.0499. The van der Waals surface area contributed by atoms with Crippen LogP contribution in [0.3, 0.4) is 0 Å². The quantitative estimate of drug-likeness (QED) is 0.867. The van der Waals surface area contributed by atoms with E-state index in [1.807, 2.05) is 16.7 Å². The molecule has 1 amide bonds. The Morgan fingerprint density at radius 1 is 1.30 bits per heavy atom. The minimum Gasteiger partial charge on any atom is -0.374 e. The maximum Gasteiger partial charge on any atom is 0.287 e. The Labute approximate surface area is 134 Å². The van der Waals surface area contributed by atoms with Gasteiger partial charge in [-0.15, -0.1) is 5.10 Å². The van der Waals surface area contributed by atoms with E-state index in [1.165, 1.54) is 16.9 Å². The van der Waals surface area contributed by atoms with Crippen LogP contribution in [0.4, 0.5) is 5.69 Å². The van der Waals surface area contributed by atoms with Crippen LogP contribution in [0.5, 0.6) is 0 Å². The molecule has 9 heteroatoms. The molecular weight excluding hydrogens is 318 g/mol. The predicted octanol–water partition coefficient (Wildman–Crippen LogP) is 0.316. The van der Waals surface area contributed by atoms with Gasteiger partial charge in [-0.1, -0.05) is 11.3 Å². The summed E-state index contributed by atoms with van der Waals surface area (Å²) < 4.78 is 28.2. The molecule has 1 N–H and O–H groups in total. The third-order valence-electron chi connectivity index (χ3n) is 3.78. The number of rotatable bonds is 3. The maximum atomic E-state index is 12.4. The molecule has 0 saturated carbocycles. The normalized spacial score (nSPS) is 14.4. The van der Waals surface area contributed by atoms with Crippen molar-refractivity contribution in [3.8, 4) is 0 Å². The van der Waals surface area contributed by atoms with Gasteiger partial charge in [0, 0.05) is 26.3 Å². The van der Waals surface area contributed by atoms with Crippen LogP contribution in [-0.2, 0) is 23.5 Å². The molecule has 0 bridgehead atoms. The zero-order valence-electron chi connectivity index (χ0n) is 12.9. The zero-order valence-corrected chi connectivity index (χ0v) is 13.7. The van der Waals surface area contributed by atoms with E-state index in [0.29, 0.717) is 0 Å². The van der Waals surface area contributed by atoms with Crippen LogP contribution in [0.1, 0.15) is 22.5 Å². The van der Waals surface area contributed by atoms with Gasteiger partial charge in [0.25, 0.3) is 15.9 Å². The molecule has 0 radical (unpaired) electrons. The molecule has 0 unspecified atom stereocenters. The average Bonchev–Trinajstić information content (AvgIpc) is 2.94. The summed E-state index contributed by atoms with van der Waals surface area (Å²) in [6, 6.07) is 4.91. The fraction of sp³-hybridized carbons (Fsp3) is 0.357. The smallest absolute Gasteiger partial charge is 0.287 e. The molecule has 1 aromatic heterocycles. The van der Waals surface area contributed by atoms with E-state index in [4.69, 9.17) is 0 Å². The van der Waals surface area contributed by atoms with E-state index < -0.39 is 15.9 Å². The molecule has 122 valence electrons. The summed E-state index contributed by atoms with van der Waals surface area (Å²) in [6.07, 6.45) is 3.32. The van der Waals surface area contributed by atoms with Gasteiger partial charge in [0.05, 0.1) is 11.1 Å². The number of nitrogens with zero attached hydrogens (tertiary/aromatic N) is 4. The number of aryl methyl sites for hydroxylation is 2. The number of hydrogen-bond donors (Lipinski definition) is 1. The first-order valence-electron chi connectivity index (χ1n) is 7.14. The van der Waals surface area contributed by atoms with Gasteiger partial charge in [0.15, 0.2) is 5.69 Å². The van der Waals surface area contributed by atoms with Crippen molar-refractivity contribution < 1.29 is 13.2 Å². The number of fused-ring (bicyclic) bond motifs is 1. The van der Waals surface area contributed by atoms with Crippen LogP contribution in [0.25, 0.3) is 0 Å². The molecule has 2 heterocycles. The fourth-order valence-electron chi connectivity index (χ4n) is 2.59. The molecule has 1 aromatic carbocycles. The van der Waals surface area contributed by atoms with Crippen LogP contribution < -0.4 is 9.62 Å². The van der Waals surface area contributed by atoms with E-state index in [1.54, 1.807) is 19.2 Å². The Hall–Kier alpha value is -2.42. The average molecular weight is 335 g/mol. The van der Waals surface area contributed by atoms with Gasteiger partial charge in [-0.3, -0.25) is 9.48 Å². The predicted molar refractivity (Wildman–Crippen MR) is 83.7 cm³/mol. The van der Waals surface area contributed by atoms with Crippen molar-refractivity contribution in [3.63, 3.8) is 0 Å². The summed E-state index contributed by atoms with van der Waals surface area (Å²) in [4.78, 5) is 14.1. The first-order valence-corrected chi connectivity index (χ1v) is 8.63. The summed E-state index contributed by atoms with van der Waals surface area (Å²) in [7, 11) is -0.441. The lowest BCUT2D eigenvalue weighted by atomic mass is 10.0. The standard InChI is InChI=1S/C14H17N5O3S/c1-18-7-3-4-10-5-6-11(8-13(10)18)23(21,22)16-14(20)12-9-19(2)17-15-12/h5-6,8-9H,3-4,7H2,1-2H3,(H,16,20). The van der Waals surface area contributed by atoms with E-state index in [0.717, 1.165) is 30.6 Å². The number of sulfonamides is 1. The third kappa shape index (κ3) is 3.04. The first kappa shape index (κ1) is 15.5. The van der Waals surface area contributed by atoms with Crippen LogP contribution in [-0.4, -0.2) is 42.9 Å². The van der Waals surface area contributed by atoms with Crippen molar-refractivity contribution in [2.24, 2.45) is 7.05 Å². The van der Waals surface area contributed by atoms with Crippen LogP contribution >= 0.6 is 0 Å². The number of benzene rings is 1. The largest absolute Gasteiger partial charge is 0.374 e. The van der Waals surface area contributed by atoms with Gasteiger partial charge in [-0.2, -0.15) is 0 Å². The van der Waals surface area contributed by atoms with Gasteiger partial charge in [0.2, 0.25) is 0 Å². The highest BCUT2D eigenvalue weighted by Gasteiger charge is 2.23. The summed E-state index contributed by atoms with van der Waals surface area (Å²) in [6.45, 7) is 0.877. The molecule has 0 aliphatic carbocycles. The lowest BCUT2D eigenvalue weighted by Gasteiger charge is -2.27. The van der Waals surface area contributed by atoms with Crippen molar-refractivity contribution in [2.45, 2.75) is 17.7 Å². The first-order chi connectivity index (χ1) is 10.9. The number of aromatic nitrogens is 3. The lowest BCUT2D eigenvalue weighted by Crippen LogP contribution is -2.31. The van der Waals surface area contributed by atoms with Crippen molar-refractivity contribution in [3.05, 3.63) is 35.7 Å². The highest BCUT2D eigenvalue weighted by atomic mass is 32.2. The van der Waals surface area contributed by atoms with Gasteiger partial charge in [0.1, 0.15) is 0 Å². The molecule has 0 spiro atoms. The fourth-order valence-corrected chi connectivity index (χ4v) is 3.57. The third-order valence-corrected chi connectivity index (χ3v) is 5.11. The van der Waals surface area contributed by atoms with E-state index in [-0.39, 0.29) is 10.6 Å². The van der Waals surface area contributed by atoms with Gasteiger partial charge in [-0.05, 0) is 30.5 Å². The van der Waals surface area contributed by atoms with E-state index >= 15 is 0 Å². The summed E-state index contributed by atoms with van der Waals surface area (Å²) in [5, 5.41) is 7.22. The van der Waals surface area contributed by atoms with Crippen molar-refractivity contribution in [1.82, 2.24) is 19.7 Å². The molecule has 3 rings (SSSR count). The molecule has 1 aliphatic rings. The molecule has 1 aliphatic heterocycles. The number of nitrogens with one attached hydrogen (secondary N) is 1. The Morgan fingerprint density at radius 3 is 2.78 bits per heavy atom. The highest BCUT2D eigenvalue weighted by Crippen LogP contribution is 2.28. The second-order valence-electron chi connectivity index (χ2n) is 5.53. The highest BCUT2D eigenvalue weighted by molar-refractivity contribution is 7.90. The number of carbonyl (C=O) groups excluding carboxylic acids is 1. The van der Waals surface area contributed by atoms with Crippen LogP contribution in [0, 0.1) is 0 Å². The molecular formula is C14H17N5O3S. The molecule has 2 aromatic rings. The van der Waals surface area contributed by atoms with Gasteiger partial charge < -0.3 is 4.90 Å². The van der Waals surface area contributed by atoms with Crippen molar-refractivity contribution in [1.29, 1.82) is 0 Å². The molecule has 8 nitrogen and oxygen atoms in total. The Balaban J connectivity index is 1.88. The second kappa shape index (κ2) is 5.65. The Kier molecular flexibility index (Phi) is 3.80. The number of anilines is 1. The molecule has 0 fully saturated rings. The van der Waals surface area contributed by atoms with Crippen molar-refractivity contribution in [2.75, 3.05) is 18.5 Å². The zero-order chi connectivity index (χ0) is 16.6.